The molecule has 1 aliphatic heterocycles. The van der Waals surface area contributed by atoms with Gasteiger partial charge in [-0.05, 0) is 57.2 Å². The van der Waals surface area contributed by atoms with Crippen LogP contribution in [0.5, 0.6) is 0 Å². The molecule has 3 heteroatoms. The third kappa shape index (κ3) is 7.08. The molecule has 1 aromatic rings. The Morgan fingerprint density at radius 1 is 1.04 bits per heavy atom. The Kier molecular flexibility index (Phi) is 11.0. The fraction of sp³-hybridized carbons (Fsp3) is 0.727. The minimum Gasteiger partial charge on any atom is -0.381 e. The van der Waals surface area contributed by atoms with Gasteiger partial charge in [0.25, 0.3) is 0 Å². The molecule has 1 aliphatic carbocycles. The van der Waals surface area contributed by atoms with E-state index >= 15 is 0 Å². The van der Waals surface area contributed by atoms with Gasteiger partial charge in [0.15, 0.2) is 0 Å². The third-order valence-corrected chi connectivity index (χ3v) is 5.46. The number of nitrogens with zero attached hydrogens (tertiary/aromatic N) is 1. The molecule has 0 amide bonds. The highest BCUT2D eigenvalue weighted by Gasteiger charge is 2.31. The maximum absolute atomic E-state index is 5.49. The summed E-state index contributed by atoms with van der Waals surface area (Å²) in [7, 11) is 2.33. The molecule has 2 fully saturated rings. The number of benzene rings is 1. The second-order valence-corrected chi connectivity index (χ2v) is 6.96. The monoisotopic (exact) mass is 350 g/mol. The number of rotatable bonds is 6. The lowest BCUT2D eigenvalue weighted by atomic mass is 10.0. The van der Waals surface area contributed by atoms with Gasteiger partial charge in [0.2, 0.25) is 0 Å². The molecule has 1 saturated heterocycles. The molecular weight excluding hydrogens is 308 g/mol. The number of hydrogen-bond donors (Lipinski definition) is 1. The molecule has 3 rings (SSSR count). The van der Waals surface area contributed by atoms with Crippen LogP contribution in [0.25, 0.3) is 0 Å². The van der Waals surface area contributed by atoms with Crippen LogP contribution in [0.15, 0.2) is 30.3 Å². The normalized spacial score (nSPS) is 23.7. The summed E-state index contributed by atoms with van der Waals surface area (Å²) in [5, 5.41) is 3.64. The zero-order valence-corrected chi connectivity index (χ0v) is 15.8. The van der Waals surface area contributed by atoms with Crippen molar-refractivity contribution in [2.75, 3.05) is 26.8 Å². The topological polar surface area (TPSA) is 24.5 Å². The summed E-state index contributed by atoms with van der Waals surface area (Å²) in [5.74, 6) is 0.844. The Bertz CT molecular complexity index is 437. The van der Waals surface area contributed by atoms with Crippen LogP contribution < -0.4 is 5.32 Å². The van der Waals surface area contributed by atoms with Gasteiger partial charge in [-0.2, -0.15) is 0 Å². The summed E-state index contributed by atoms with van der Waals surface area (Å²) >= 11 is 0. The van der Waals surface area contributed by atoms with Gasteiger partial charge in [-0.3, -0.25) is 0 Å². The third-order valence-electron chi connectivity index (χ3n) is 5.46. The Morgan fingerprint density at radius 2 is 1.72 bits per heavy atom. The SMILES string of the molecule is C.CC.CN(C1CCOCC1)C1CC[C@H](CNCc2ccccc2)C1.[HH]. The van der Waals surface area contributed by atoms with Crippen LogP contribution in [0.1, 0.15) is 60.4 Å². The quantitative estimate of drug-likeness (QED) is 0.784. The minimum atomic E-state index is 0. The lowest BCUT2D eigenvalue weighted by Gasteiger charge is -2.35. The highest BCUT2D eigenvalue weighted by atomic mass is 16.5. The van der Waals surface area contributed by atoms with Crippen LogP contribution in [0.4, 0.5) is 0 Å². The maximum atomic E-state index is 5.49. The fourth-order valence-electron chi connectivity index (χ4n) is 4.01. The van der Waals surface area contributed by atoms with Gasteiger partial charge in [-0.1, -0.05) is 51.6 Å². The van der Waals surface area contributed by atoms with E-state index in [9.17, 15) is 0 Å². The Balaban J connectivity index is 0.00000151. The average Bonchev–Trinajstić information content (AvgIpc) is 3.13. The smallest absolute Gasteiger partial charge is 0.0480 e. The standard InChI is InChI=1S/C19H30N2O.C2H6.CH4.H2/c1-21(18-9-11-22-12-10-18)19-8-7-17(13-19)15-20-14-16-5-3-2-4-6-16;1-2;;/h2-6,17-20H,7-15H2,1H3;1-2H3;1H4;1H/t17-,19?;;;/m0.../s1. The van der Waals surface area contributed by atoms with Crippen LogP contribution in [0, 0.1) is 5.92 Å². The van der Waals surface area contributed by atoms with Crippen molar-refractivity contribution in [3.05, 3.63) is 35.9 Å². The van der Waals surface area contributed by atoms with E-state index in [1.807, 2.05) is 13.8 Å². The maximum Gasteiger partial charge on any atom is 0.0480 e. The van der Waals surface area contributed by atoms with E-state index in [1.165, 1.54) is 37.7 Å². The molecule has 1 unspecified atom stereocenters. The number of nitrogens with one attached hydrogen (secondary N) is 1. The molecule has 2 aliphatic rings. The lowest BCUT2D eigenvalue weighted by molar-refractivity contribution is 0.0288. The summed E-state index contributed by atoms with van der Waals surface area (Å²) in [6.45, 7) is 8.05. The molecule has 0 bridgehead atoms. The van der Waals surface area contributed by atoms with Crippen LogP contribution >= 0.6 is 0 Å². The zero-order valence-electron chi connectivity index (χ0n) is 15.8. The lowest BCUT2D eigenvalue weighted by Crippen LogP contribution is -2.42. The van der Waals surface area contributed by atoms with Crippen molar-refractivity contribution in [1.29, 1.82) is 0 Å². The average molecular weight is 351 g/mol. The molecule has 146 valence electrons. The van der Waals surface area contributed by atoms with Gasteiger partial charge < -0.3 is 15.0 Å². The Hall–Kier alpha value is -0.900. The molecule has 2 atom stereocenters. The molecular formula is C22H42N2O. The predicted molar refractivity (Wildman–Crippen MR) is 111 cm³/mol. The second kappa shape index (κ2) is 12.5. The first-order valence-corrected chi connectivity index (χ1v) is 9.87. The molecule has 0 radical (unpaired) electrons. The van der Waals surface area contributed by atoms with Gasteiger partial charge in [-0.15, -0.1) is 0 Å². The molecule has 1 aromatic carbocycles. The molecule has 0 aromatic heterocycles. The van der Waals surface area contributed by atoms with Crippen molar-refractivity contribution >= 4 is 0 Å². The predicted octanol–water partition coefficient (Wildman–Crippen LogP) is 4.96. The van der Waals surface area contributed by atoms with Crippen LogP contribution in [0.2, 0.25) is 0 Å². The van der Waals surface area contributed by atoms with E-state index in [-0.39, 0.29) is 8.85 Å². The van der Waals surface area contributed by atoms with E-state index in [0.717, 1.165) is 44.3 Å². The van der Waals surface area contributed by atoms with Crippen molar-refractivity contribution in [3.8, 4) is 0 Å². The summed E-state index contributed by atoms with van der Waals surface area (Å²) < 4.78 is 5.49. The van der Waals surface area contributed by atoms with Crippen molar-refractivity contribution in [2.24, 2.45) is 5.92 Å². The van der Waals surface area contributed by atoms with E-state index in [0.29, 0.717) is 0 Å². The number of hydrogen-bond acceptors (Lipinski definition) is 3. The van der Waals surface area contributed by atoms with Crippen molar-refractivity contribution in [1.82, 2.24) is 10.2 Å². The first-order valence-electron chi connectivity index (χ1n) is 9.87. The van der Waals surface area contributed by atoms with Gasteiger partial charge in [0.1, 0.15) is 0 Å². The molecule has 1 heterocycles. The van der Waals surface area contributed by atoms with Crippen LogP contribution in [-0.4, -0.2) is 43.8 Å². The van der Waals surface area contributed by atoms with E-state index < -0.39 is 0 Å². The first-order chi connectivity index (χ1) is 11.8. The highest BCUT2D eigenvalue weighted by Crippen LogP contribution is 2.31. The minimum absolute atomic E-state index is 0. The van der Waals surface area contributed by atoms with Crippen molar-refractivity contribution in [3.63, 3.8) is 0 Å². The summed E-state index contributed by atoms with van der Waals surface area (Å²) in [6, 6.07) is 12.2. The first kappa shape index (κ1) is 22.1. The summed E-state index contributed by atoms with van der Waals surface area (Å²) in [6.07, 6.45) is 6.52. The zero-order chi connectivity index (χ0) is 17.2. The summed E-state index contributed by atoms with van der Waals surface area (Å²) in [4.78, 5) is 2.65. The Morgan fingerprint density at radius 3 is 2.40 bits per heavy atom. The molecule has 3 nitrogen and oxygen atoms in total. The van der Waals surface area contributed by atoms with Crippen molar-refractivity contribution < 1.29 is 6.16 Å². The van der Waals surface area contributed by atoms with Gasteiger partial charge in [0.05, 0.1) is 0 Å². The van der Waals surface area contributed by atoms with Gasteiger partial charge in [-0.25, -0.2) is 0 Å². The number of ether oxygens (including phenoxy) is 1. The molecule has 1 saturated carbocycles. The largest absolute Gasteiger partial charge is 0.381 e. The highest BCUT2D eigenvalue weighted by molar-refractivity contribution is 5.14. The van der Waals surface area contributed by atoms with Crippen LogP contribution in [-0.2, 0) is 11.3 Å². The molecule has 25 heavy (non-hydrogen) atoms. The van der Waals surface area contributed by atoms with Gasteiger partial charge >= 0.3 is 0 Å². The van der Waals surface area contributed by atoms with Gasteiger partial charge in [0, 0.05) is 33.3 Å². The second-order valence-electron chi connectivity index (χ2n) is 6.96. The van der Waals surface area contributed by atoms with E-state index in [4.69, 9.17) is 4.74 Å². The molecule has 1 N–H and O–H groups in total. The van der Waals surface area contributed by atoms with E-state index in [2.05, 4.69) is 47.6 Å². The van der Waals surface area contributed by atoms with Crippen molar-refractivity contribution in [2.45, 2.75) is 72.0 Å². The fourth-order valence-corrected chi connectivity index (χ4v) is 4.01. The Labute approximate surface area is 157 Å². The molecule has 0 spiro atoms. The van der Waals surface area contributed by atoms with E-state index in [1.54, 1.807) is 0 Å². The van der Waals surface area contributed by atoms with Crippen LogP contribution in [0.3, 0.4) is 0 Å². The summed E-state index contributed by atoms with van der Waals surface area (Å²) in [5.41, 5.74) is 1.39.